The summed E-state index contributed by atoms with van der Waals surface area (Å²) < 4.78 is 4.95. The van der Waals surface area contributed by atoms with Gasteiger partial charge in [0.1, 0.15) is 0 Å². The van der Waals surface area contributed by atoms with Gasteiger partial charge in [-0.3, -0.25) is 9.59 Å². The molecule has 1 aromatic heterocycles. The summed E-state index contributed by atoms with van der Waals surface area (Å²) in [5.74, 6) is -1.25. The van der Waals surface area contributed by atoms with E-state index in [0.29, 0.717) is 4.88 Å². The normalized spacial score (nSPS) is 14.0. The van der Waals surface area contributed by atoms with E-state index in [-0.39, 0.29) is 18.9 Å². The maximum Gasteiger partial charge on any atom is 0.305 e. The first-order valence-electron chi connectivity index (χ1n) is 5.03. The van der Waals surface area contributed by atoms with E-state index in [4.69, 9.17) is 9.84 Å². The van der Waals surface area contributed by atoms with Crippen LogP contribution in [-0.4, -0.2) is 36.2 Å². The van der Waals surface area contributed by atoms with Crippen LogP contribution >= 0.6 is 11.3 Å². The van der Waals surface area contributed by atoms with Crippen LogP contribution in [0.5, 0.6) is 0 Å². The summed E-state index contributed by atoms with van der Waals surface area (Å²) in [6.45, 7) is 1.80. The standard InChI is InChI=1S/C11H15NO4S/c1-11(7-16-2,6-9(13)14)12-10(15)8-4-3-5-17-8/h3-5H,6-7H2,1-2H3,(H,12,15)(H,13,14). The van der Waals surface area contributed by atoms with Crippen molar-refractivity contribution in [2.45, 2.75) is 18.9 Å². The topological polar surface area (TPSA) is 75.6 Å². The van der Waals surface area contributed by atoms with Crippen molar-refractivity contribution < 1.29 is 19.4 Å². The maximum atomic E-state index is 11.8. The minimum absolute atomic E-state index is 0.149. The molecule has 1 unspecified atom stereocenters. The lowest BCUT2D eigenvalue weighted by molar-refractivity contribution is -0.139. The Kier molecular flexibility index (Phi) is 4.65. The highest BCUT2D eigenvalue weighted by atomic mass is 32.1. The average Bonchev–Trinajstić information content (AvgIpc) is 2.68. The van der Waals surface area contributed by atoms with E-state index in [2.05, 4.69) is 5.32 Å². The van der Waals surface area contributed by atoms with Crippen molar-refractivity contribution in [2.75, 3.05) is 13.7 Å². The number of nitrogens with one attached hydrogen (secondary N) is 1. The van der Waals surface area contributed by atoms with Crippen molar-refractivity contribution >= 4 is 23.2 Å². The molecule has 0 aromatic carbocycles. The van der Waals surface area contributed by atoms with E-state index >= 15 is 0 Å². The quantitative estimate of drug-likeness (QED) is 0.806. The monoisotopic (exact) mass is 257 g/mol. The van der Waals surface area contributed by atoms with Gasteiger partial charge in [0, 0.05) is 7.11 Å². The highest BCUT2D eigenvalue weighted by molar-refractivity contribution is 7.12. The van der Waals surface area contributed by atoms with Gasteiger partial charge in [0.15, 0.2) is 0 Å². The largest absolute Gasteiger partial charge is 0.481 e. The van der Waals surface area contributed by atoms with E-state index in [9.17, 15) is 9.59 Å². The molecule has 1 rings (SSSR count). The smallest absolute Gasteiger partial charge is 0.305 e. The van der Waals surface area contributed by atoms with Crippen LogP contribution < -0.4 is 5.32 Å². The van der Waals surface area contributed by atoms with Crippen LogP contribution in [-0.2, 0) is 9.53 Å². The van der Waals surface area contributed by atoms with Crippen LogP contribution in [0.25, 0.3) is 0 Å². The number of carboxylic acids is 1. The summed E-state index contributed by atoms with van der Waals surface area (Å²) in [7, 11) is 1.47. The minimum Gasteiger partial charge on any atom is -0.481 e. The van der Waals surface area contributed by atoms with Crippen LogP contribution in [0.2, 0.25) is 0 Å². The molecule has 2 N–H and O–H groups in total. The molecule has 0 fully saturated rings. The van der Waals surface area contributed by atoms with Crippen LogP contribution in [0.15, 0.2) is 17.5 Å². The second-order valence-electron chi connectivity index (χ2n) is 4.00. The van der Waals surface area contributed by atoms with Crippen LogP contribution in [0.3, 0.4) is 0 Å². The van der Waals surface area contributed by atoms with Gasteiger partial charge < -0.3 is 15.2 Å². The van der Waals surface area contributed by atoms with Crippen molar-refractivity contribution in [1.29, 1.82) is 0 Å². The SMILES string of the molecule is COCC(C)(CC(=O)O)NC(=O)c1cccs1. The summed E-state index contributed by atoms with van der Waals surface area (Å²) in [5, 5.41) is 13.3. The number of carbonyl (C=O) groups is 2. The average molecular weight is 257 g/mol. The molecule has 0 saturated carbocycles. The molecule has 5 nitrogen and oxygen atoms in total. The number of carbonyl (C=O) groups excluding carboxylic acids is 1. The van der Waals surface area contributed by atoms with Crippen molar-refractivity contribution in [3.63, 3.8) is 0 Å². The van der Waals surface area contributed by atoms with Gasteiger partial charge in [-0.15, -0.1) is 11.3 Å². The number of rotatable bonds is 6. The third-order valence-corrected chi connectivity index (χ3v) is 3.03. The Balaban J connectivity index is 2.72. The fourth-order valence-electron chi connectivity index (χ4n) is 1.53. The molecule has 17 heavy (non-hydrogen) atoms. The lowest BCUT2D eigenvalue weighted by atomic mass is 9.99. The van der Waals surface area contributed by atoms with E-state index in [1.807, 2.05) is 0 Å². The molecular weight excluding hydrogens is 242 g/mol. The number of methoxy groups -OCH3 is 1. The van der Waals surface area contributed by atoms with E-state index in [1.54, 1.807) is 24.4 Å². The Morgan fingerprint density at radius 1 is 1.59 bits per heavy atom. The first kappa shape index (κ1) is 13.7. The number of carboxylic acid groups (broad SMARTS) is 1. The van der Waals surface area contributed by atoms with E-state index in [1.165, 1.54) is 18.4 Å². The van der Waals surface area contributed by atoms with E-state index in [0.717, 1.165) is 0 Å². The fraction of sp³-hybridized carbons (Fsp3) is 0.455. The van der Waals surface area contributed by atoms with Crippen LogP contribution in [0.1, 0.15) is 23.0 Å². The van der Waals surface area contributed by atoms with Gasteiger partial charge in [-0.1, -0.05) is 6.07 Å². The predicted molar refractivity (Wildman–Crippen MR) is 64.3 cm³/mol. The molecule has 0 radical (unpaired) electrons. The highest BCUT2D eigenvalue weighted by Gasteiger charge is 2.30. The number of hydrogen-bond donors (Lipinski definition) is 2. The first-order chi connectivity index (χ1) is 7.97. The minimum atomic E-state index is -0.976. The zero-order valence-electron chi connectivity index (χ0n) is 9.73. The van der Waals surface area contributed by atoms with E-state index < -0.39 is 11.5 Å². The second kappa shape index (κ2) is 5.79. The fourth-order valence-corrected chi connectivity index (χ4v) is 2.15. The molecule has 1 atom stereocenters. The molecule has 1 amide bonds. The Hall–Kier alpha value is -1.40. The van der Waals surface area contributed by atoms with Crippen LogP contribution in [0, 0.1) is 0 Å². The van der Waals surface area contributed by atoms with Crippen molar-refractivity contribution in [3.8, 4) is 0 Å². The van der Waals surface area contributed by atoms with Gasteiger partial charge in [0.2, 0.25) is 0 Å². The van der Waals surface area contributed by atoms with Gasteiger partial charge >= 0.3 is 5.97 Å². The molecule has 0 aliphatic rings. The van der Waals surface area contributed by atoms with Crippen molar-refractivity contribution in [2.24, 2.45) is 0 Å². The number of aliphatic carboxylic acids is 1. The molecular formula is C11H15NO4S. The lowest BCUT2D eigenvalue weighted by Crippen LogP contribution is -2.50. The molecule has 1 aromatic rings. The summed E-state index contributed by atoms with van der Waals surface area (Å²) in [5.41, 5.74) is -0.901. The molecule has 94 valence electrons. The third kappa shape index (κ3) is 4.16. The molecule has 0 spiro atoms. The predicted octanol–water partition coefficient (Wildman–Crippen LogP) is 1.36. The number of amides is 1. The number of hydrogen-bond acceptors (Lipinski definition) is 4. The summed E-state index contributed by atoms with van der Waals surface area (Å²) in [4.78, 5) is 23.1. The summed E-state index contributed by atoms with van der Waals surface area (Å²) in [6.07, 6.45) is -0.183. The van der Waals surface area contributed by atoms with Gasteiger partial charge in [0.25, 0.3) is 5.91 Å². The van der Waals surface area contributed by atoms with Gasteiger partial charge in [-0.2, -0.15) is 0 Å². The van der Waals surface area contributed by atoms with Crippen LogP contribution in [0.4, 0.5) is 0 Å². The highest BCUT2D eigenvalue weighted by Crippen LogP contribution is 2.14. The van der Waals surface area contributed by atoms with Gasteiger partial charge in [0.05, 0.1) is 23.4 Å². The second-order valence-corrected chi connectivity index (χ2v) is 4.94. The Bertz CT molecular complexity index is 390. The Morgan fingerprint density at radius 3 is 2.76 bits per heavy atom. The third-order valence-electron chi connectivity index (χ3n) is 2.16. The van der Waals surface area contributed by atoms with Gasteiger partial charge in [-0.05, 0) is 18.4 Å². The molecule has 0 saturated heterocycles. The Morgan fingerprint density at radius 2 is 2.29 bits per heavy atom. The molecule has 0 aliphatic carbocycles. The number of thiophene rings is 1. The molecule has 6 heteroatoms. The summed E-state index contributed by atoms with van der Waals surface area (Å²) in [6, 6.07) is 3.46. The zero-order chi connectivity index (χ0) is 12.9. The van der Waals surface area contributed by atoms with Crippen molar-refractivity contribution in [1.82, 2.24) is 5.32 Å². The lowest BCUT2D eigenvalue weighted by Gasteiger charge is -2.28. The molecule has 0 aliphatic heterocycles. The first-order valence-corrected chi connectivity index (χ1v) is 5.91. The number of ether oxygens (including phenoxy) is 1. The zero-order valence-corrected chi connectivity index (χ0v) is 10.5. The Labute approximate surface area is 103 Å². The van der Waals surface area contributed by atoms with Crippen molar-refractivity contribution in [3.05, 3.63) is 22.4 Å². The molecule has 1 heterocycles. The molecule has 0 bridgehead atoms. The maximum absolute atomic E-state index is 11.8. The van der Waals surface area contributed by atoms with Gasteiger partial charge in [-0.25, -0.2) is 0 Å². The summed E-state index contributed by atoms with van der Waals surface area (Å²) >= 11 is 1.31.